The first-order chi connectivity index (χ1) is 2.56. The lowest BCUT2D eigenvalue weighted by molar-refractivity contribution is 0.169. The Morgan fingerprint density at radius 1 is 1.33 bits per heavy atom. The summed E-state index contributed by atoms with van der Waals surface area (Å²) in [6.45, 7) is 5.75. The summed E-state index contributed by atoms with van der Waals surface area (Å²) in [5.41, 5.74) is -0.144. The quantitative estimate of drug-likeness (QED) is 0.457. The maximum Gasteiger partial charge on any atom is 0.0930 e. The Bertz CT molecular complexity index is 37.3. The van der Waals surface area contributed by atoms with Gasteiger partial charge in [0.1, 0.15) is 0 Å². The zero-order chi connectivity index (χ0) is 5.21. The fraction of sp³-hybridized carbons (Fsp3) is 1.00. The first kappa shape index (κ1) is 6.31. The van der Waals surface area contributed by atoms with Gasteiger partial charge in [-0.25, -0.2) is 0 Å². The van der Waals surface area contributed by atoms with Gasteiger partial charge in [0.05, 0.1) is 18.5 Å². The smallest absolute Gasteiger partial charge is 0.0930 e. The molecule has 0 aromatic rings. The van der Waals surface area contributed by atoms with Crippen molar-refractivity contribution in [2.45, 2.75) is 26.4 Å². The number of hydrogen-bond donors (Lipinski definition) is 0. The van der Waals surface area contributed by atoms with Crippen LogP contribution in [0.25, 0.3) is 0 Å². The van der Waals surface area contributed by atoms with Crippen LogP contribution in [0.5, 0.6) is 0 Å². The molecule has 0 spiro atoms. The predicted molar refractivity (Wildman–Crippen MR) is 28.4 cm³/mol. The van der Waals surface area contributed by atoms with Gasteiger partial charge in [-0.3, -0.25) is 4.18 Å². The van der Waals surface area contributed by atoms with Crippen molar-refractivity contribution in [3.63, 3.8) is 0 Å². The third-order valence-electron chi connectivity index (χ3n) is 0.250. The zero-order valence-corrected chi connectivity index (χ0v) is 5.13. The van der Waals surface area contributed by atoms with Crippen molar-refractivity contribution in [3.8, 4) is 0 Å². The molecule has 1 nitrogen and oxygen atoms in total. The Morgan fingerprint density at radius 3 is 1.50 bits per heavy atom. The van der Waals surface area contributed by atoms with Gasteiger partial charge in [-0.2, -0.15) is 0 Å². The highest BCUT2D eigenvalue weighted by Crippen LogP contribution is 2.06. The van der Waals surface area contributed by atoms with Crippen LogP contribution in [0, 0.1) is 0 Å². The third-order valence-corrected chi connectivity index (χ3v) is 0.750. The van der Waals surface area contributed by atoms with Crippen LogP contribution in [0.2, 0.25) is 0 Å². The van der Waals surface area contributed by atoms with Gasteiger partial charge < -0.3 is 0 Å². The molecule has 0 atom stereocenters. The standard InChI is InChI=1S/C4H9OS/c1-4(2,3)5-6/h1-3H3. The van der Waals surface area contributed by atoms with Crippen LogP contribution < -0.4 is 0 Å². The van der Waals surface area contributed by atoms with E-state index in [0.717, 1.165) is 0 Å². The van der Waals surface area contributed by atoms with E-state index in [-0.39, 0.29) is 5.60 Å². The molecular formula is C4H9OS. The first-order valence-corrected chi connectivity index (χ1v) is 2.20. The van der Waals surface area contributed by atoms with Crippen LogP contribution in [0.15, 0.2) is 0 Å². The van der Waals surface area contributed by atoms with Gasteiger partial charge in [-0.15, -0.1) is 0 Å². The maximum absolute atomic E-state index is 4.52. The van der Waals surface area contributed by atoms with Crippen LogP contribution in [0.4, 0.5) is 0 Å². The summed E-state index contributed by atoms with van der Waals surface area (Å²) in [7, 11) is 0. The summed E-state index contributed by atoms with van der Waals surface area (Å²) in [4.78, 5) is 0. The summed E-state index contributed by atoms with van der Waals surface area (Å²) < 4.78 is 4.52. The Labute approximate surface area is 44.3 Å². The molecule has 0 saturated heterocycles. The normalized spacial score (nSPS) is 12.0. The molecule has 0 saturated carbocycles. The largest absolute Gasteiger partial charge is 0.298 e. The zero-order valence-electron chi connectivity index (χ0n) is 4.32. The molecule has 0 unspecified atom stereocenters. The lowest BCUT2D eigenvalue weighted by Gasteiger charge is -2.11. The molecule has 0 aliphatic rings. The number of hydrogen-bond acceptors (Lipinski definition) is 1. The molecule has 0 aliphatic carbocycles. The van der Waals surface area contributed by atoms with Crippen molar-refractivity contribution < 1.29 is 4.18 Å². The number of rotatable bonds is 0. The monoisotopic (exact) mass is 105 g/mol. The second-order valence-electron chi connectivity index (χ2n) is 2.20. The van der Waals surface area contributed by atoms with Crippen LogP contribution >= 0.6 is 12.9 Å². The molecule has 0 rings (SSSR count). The summed E-state index contributed by atoms with van der Waals surface area (Å²) in [5, 5.41) is 0. The highest BCUT2D eigenvalue weighted by molar-refractivity contribution is 7.75. The van der Waals surface area contributed by atoms with Gasteiger partial charge >= 0.3 is 0 Å². The Kier molecular flexibility index (Phi) is 1.94. The Balaban J connectivity index is 3.17. The van der Waals surface area contributed by atoms with Crippen molar-refractivity contribution in [2.75, 3.05) is 0 Å². The highest BCUT2D eigenvalue weighted by Gasteiger charge is 2.06. The molecule has 0 fully saturated rings. The molecule has 0 amide bonds. The summed E-state index contributed by atoms with van der Waals surface area (Å²) >= 11 is 4.29. The molecule has 0 N–H and O–H groups in total. The van der Waals surface area contributed by atoms with Crippen molar-refractivity contribution in [1.29, 1.82) is 0 Å². The van der Waals surface area contributed by atoms with E-state index in [0.29, 0.717) is 0 Å². The molecule has 2 heteroatoms. The maximum atomic E-state index is 4.52. The first-order valence-electron chi connectivity index (χ1n) is 1.87. The lowest BCUT2D eigenvalue weighted by Crippen LogP contribution is -2.12. The van der Waals surface area contributed by atoms with E-state index in [1.54, 1.807) is 0 Å². The molecule has 0 bridgehead atoms. The SMILES string of the molecule is CC(C)(C)O[S]. The van der Waals surface area contributed by atoms with Crippen LogP contribution in [0.3, 0.4) is 0 Å². The van der Waals surface area contributed by atoms with Gasteiger partial charge in [0.25, 0.3) is 0 Å². The lowest BCUT2D eigenvalue weighted by atomic mass is 10.2. The Morgan fingerprint density at radius 2 is 1.50 bits per heavy atom. The van der Waals surface area contributed by atoms with Gasteiger partial charge in [-0.05, 0) is 20.8 Å². The van der Waals surface area contributed by atoms with E-state index in [2.05, 4.69) is 17.1 Å². The molecule has 37 valence electrons. The van der Waals surface area contributed by atoms with Gasteiger partial charge in [-0.1, -0.05) is 0 Å². The van der Waals surface area contributed by atoms with Crippen molar-refractivity contribution >= 4 is 12.9 Å². The Hall–Kier alpha value is 0.310. The highest BCUT2D eigenvalue weighted by atomic mass is 32.1. The van der Waals surface area contributed by atoms with Gasteiger partial charge in [0, 0.05) is 0 Å². The summed E-state index contributed by atoms with van der Waals surface area (Å²) in [6, 6.07) is 0. The van der Waals surface area contributed by atoms with E-state index in [1.165, 1.54) is 0 Å². The summed E-state index contributed by atoms with van der Waals surface area (Å²) in [6.07, 6.45) is 0. The second kappa shape index (κ2) is 1.85. The minimum Gasteiger partial charge on any atom is -0.298 e. The fourth-order valence-corrected chi connectivity index (χ4v) is 0. The van der Waals surface area contributed by atoms with Crippen molar-refractivity contribution in [2.24, 2.45) is 0 Å². The molecule has 1 radical (unpaired) electrons. The van der Waals surface area contributed by atoms with E-state index in [4.69, 9.17) is 0 Å². The average molecular weight is 105 g/mol. The predicted octanol–water partition coefficient (Wildman–Crippen LogP) is 1.91. The molecule has 0 aromatic carbocycles. The molecule has 0 aliphatic heterocycles. The van der Waals surface area contributed by atoms with Gasteiger partial charge in [0.2, 0.25) is 0 Å². The average Bonchev–Trinajstić information content (AvgIpc) is 1.35. The van der Waals surface area contributed by atoms with Crippen LogP contribution in [0.1, 0.15) is 20.8 Å². The molecule has 0 heterocycles. The van der Waals surface area contributed by atoms with E-state index < -0.39 is 0 Å². The topological polar surface area (TPSA) is 9.23 Å². The summed E-state index contributed by atoms with van der Waals surface area (Å²) in [5.74, 6) is 0. The van der Waals surface area contributed by atoms with Crippen LogP contribution in [-0.4, -0.2) is 5.60 Å². The van der Waals surface area contributed by atoms with E-state index in [9.17, 15) is 0 Å². The van der Waals surface area contributed by atoms with E-state index in [1.807, 2.05) is 20.8 Å². The molecular weight excluding hydrogens is 96.1 g/mol. The minimum atomic E-state index is -0.144. The van der Waals surface area contributed by atoms with Gasteiger partial charge in [0.15, 0.2) is 0 Å². The van der Waals surface area contributed by atoms with Crippen molar-refractivity contribution in [3.05, 3.63) is 0 Å². The molecule has 0 aromatic heterocycles. The fourth-order valence-electron chi connectivity index (χ4n) is 0. The van der Waals surface area contributed by atoms with E-state index >= 15 is 0 Å². The second-order valence-corrected chi connectivity index (χ2v) is 2.36. The minimum absolute atomic E-state index is 0.144. The van der Waals surface area contributed by atoms with Crippen molar-refractivity contribution in [1.82, 2.24) is 0 Å². The third kappa shape index (κ3) is 4.31. The van der Waals surface area contributed by atoms with Crippen LogP contribution in [-0.2, 0) is 4.18 Å². The molecule has 6 heavy (non-hydrogen) atoms.